The van der Waals surface area contributed by atoms with Crippen LogP contribution in [0.2, 0.25) is 0 Å². The van der Waals surface area contributed by atoms with Gasteiger partial charge in [0.15, 0.2) is 16.8 Å². The number of hydrogen-bond donors (Lipinski definition) is 0. The number of rotatable bonds is 7. The molecule has 0 saturated carbocycles. The molecule has 1 aromatic carbocycles. The lowest BCUT2D eigenvalue weighted by Gasteiger charge is -2.12. The van der Waals surface area contributed by atoms with Gasteiger partial charge in [-0.25, -0.2) is 0 Å². The molecule has 3 heterocycles. The van der Waals surface area contributed by atoms with Crippen molar-refractivity contribution in [1.29, 1.82) is 0 Å². The second-order valence-corrected chi connectivity index (χ2v) is 8.37. The van der Waals surface area contributed by atoms with E-state index in [9.17, 15) is 4.79 Å². The quantitative estimate of drug-likeness (QED) is 0.335. The van der Waals surface area contributed by atoms with Crippen LogP contribution in [0, 0.1) is 5.92 Å². The van der Waals surface area contributed by atoms with Gasteiger partial charge >= 0.3 is 0 Å². The topological polar surface area (TPSA) is 65.6 Å². The number of thioether (sulfide) groups is 1. The minimum Gasteiger partial charge on any atom is -0.350 e. The first kappa shape index (κ1) is 19.4. The highest BCUT2D eigenvalue weighted by atomic mass is 32.2. The standard InChI is InChI=1S/C22H23N5OS/c1-15(2)12-27-21(16-8-10-23-11-9-16)24-25-22(27)29-14-20(28)18-13-26(3)19-7-5-4-6-17(18)19/h4-11,13,15H,12,14H2,1-3H3. The Hall–Kier alpha value is -2.93. The van der Waals surface area contributed by atoms with Crippen LogP contribution in [0.5, 0.6) is 0 Å². The van der Waals surface area contributed by atoms with Gasteiger partial charge in [-0.3, -0.25) is 9.78 Å². The molecule has 0 aliphatic rings. The molecule has 0 unspecified atom stereocenters. The van der Waals surface area contributed by atoms with Crippen molar-refractivity contribution < 1.29 is 4.79 Å². The number of hydrogen-bond acceptors (Lipinski definition) is 5. The van der Waals surface area contributed by atoms with Crippen molar-refractivity contribution in [3.63, 3.8) is 0 Å². The van der Waals surface area contributed by atoms with Crippen LogP contribution in [-0.4, -0.2) is 35.9 Å². The number of para-hydroxylation sites is 1. The van der Waals surface area contributed by atoms with Gasteiger partial charge in [0.25, 0.3) is 0 Å². The van der Waals surface area contributed by atoms with E-state index in [1.807, 2.05) is 54.2 Å². The van der Waals surface area contributed by atoms with Crippen molar-refractivity contribution in [3.05, 3.63) is 60.6 Å². The summed E-state index contributed by atoms with van der Waals surface area (Å²) in [5.41, 5.74) is 2.78. The van der Waals surface area contributed by atoms with Gasteiger partial charge in [0.05, 0.1) is 5.75 Å². The highest BCUT2D eigenvalue weighted by Gasteiger charge is 2.19. The predicted molar refractivity (Wildman–Crippen MR) is 116 cm³/mol. The maximum atomic E-state index is 13.0. The van der Waals surface area contributed by atoms with Gasteiger partial charge in [0.1, 0.15) is 0 Å². The SMILES string of the molecule is CC(C)Cn1c(SCC(=O)c2cn(C)c3ccccc23)nnc1-c1ccncc1. The number of carbonyl (C=O) groups is 1. The maximum absolute atomic E-state index is 13.0. The third kappa shape index (κ3) is 3.96. The largest absolute Gasteiger partial charge is 0.350 e. The molecule has 0 aliphatic heterocycles. The molecule has 0 fully saturated rings. The number of nitrogens with zero attached hydrogens (tertiary/aromatic N) is 5. The normalized spacial score (nSPS) is 11.4. The molecule has 0 N–H and O–H groups in total. The average molecular weight is 406 g/mol. The highest BCUT2D eigenvalue weighted by Crippen LogP contribution is 2.27. The number of aryl methyl sites for hydroxylation is 1. The Morgan fingerprint density at radius 3 is 2.62 bits per heavy atom. The summed E-state index contributed by atoms with van der Waals surface area (Å²) in [6.45, 7) is 5.10. The smallest absolute Gasteiger partial charge is 0.191 e. The van der Waals surface area contributed by atoms with Crippen LogP contribution in [0.15, 0.2) is 60.1 Å². The predicted octanol–water partition coefficient (Wildman–Crippen LogP) is 4.46. The molecule has 0 spiro atoms. The minimum atomic E-state index is 0.0939. The first-order valence-corrected chi connectivity index (χ1v) is 10.6. The molecule has 0 atom stereocenters. The molecule has 3 aromatic heterocycles. The van der Waals surface area contributed by atoms with Gasteiger partial charge in [-0.15, -0.1) is 10.2 Å². The van der Waals surface area contributed by atoms with Gasteiger partial charge in [0, 0.05) is 54.2 Å². The van der Waals surface area contributed by atoms with Gasteiger partial charge in [0.2, 0.25) is 0 Å². The van der Waals surface area contributed by atoms with Gasteiger partial charge < -0.3 is 9.13 Å². The van der Waals surface area contributed by atoms with E-state index >= 15 is 0 Å². The molecule has 0 bridgehead atoms. The van der Waals surface area contributed by atoms with Crippen LogP contribution in [0.4, 0.5) is 0 Å². The summed E-state index contributed by atoms with van der Waals surface area (Å²) in [5, 5.41) is 10.5. The fraction of sp³-hybridized carbons (Fsp3) is 0.273. The van der Waals surface area contributed by atoms with Crippen LogP contribution in [0.1, 0.15) is 24.2 Å². The van der Waals surface area contributed by atoms with Crippen molar-refractivity contribution in [2.75, 3.05) is 5.75 Å². The zero-order valence-electron chi connectivity index (χ0n) is 16.7. The van der Waals surface area contributed by atoms with Crippen LogP contribution in [0.25, 0.3) is 22.3 Å². The molecule has 148 valence electrons. The van der Waals surface area contributed by atoms with Crippen molar-refractivity contribution in [2.45, 2.75) is 25.5 Å². The van der Waals surface area contributed by atoms with E-state index in [2.05, 4.69) is 33.6 Å². The molecule has 0 aliphatic carbocycles. The fourth-order valence-corrected chi connectivity index (χ4v) is 4.24. The van der Waals surface area contributed by atoms with Crippen LogP contribution in [-0.2, 0) is 13.6 Å². The summed E-state index contributed by atoms with van der Waals surface area (Å²) < 4.78 is 4.09. The highest BCUT2D eigenvalue weighted by molar-refractivity contribution is 7.99. The zero-order chi connectivity index (χ0) is 20.4. The van der Waals surface area contributed by atoms with E-state index < -0.39 is 0 Å². The van der Waals surface area contributed by atoms with Crippen molar-refractivity contribution in [2.24, 2.45) is 13.0 Å². The van der Waals surface area contributed by atoms with E-state index in [1.54, 1.807) is 12.4 Å². The molecule has 0 radical (unpaired) electrons. The summed E-state index contributed by atoms with van der Waals surface area (Å²) in [4.78, 5) is 17.0. The van der Waals surface area contributed by atoms with Gasteiger partial charge in [-0.2, -0.15) is 0 Å². The molecule has 4 aromatic rings. The molecule has 4 rings (SSSR count). The lowest BCUT2D eigenvalue weighted by atomic mass is 10.1. The first-order valence-electron chi connectivity index (χ1n) is 9.58. The Balaban J connectivity index is 1.59. The summed E-state index contributed by atoms with van der Waals surface area (Å²) in [7, 11) is 1.96. The molecule has 6 nitrogen and oxygen atoms in total. The molecule has 0 saturated heterocycles. The average Bonchev–Trinajstić information content (AvgIpc) is 3.28. The maximum Gasteiger partial charge on any atom is 0.191 e. The zero-order valence-corrected chi connectivity index (χ0v) is 17.6. The Bertz CT molecular complexity index is 1150. The first-order chi connectivity index (χ1) is 14.0. The second-order valence-electron chi connectivity index (χ2n) is 7.43. The number of ketones is 1. The summed E-state index contributed by atoms with van der Waals surface area (Å²) in [6, 6.07) is 11.8. The number of carbonyl (C=O) groups excluding carboxylic acids is 1. The number of fused-ring (bicyclic) bond motifs is 1. The van der Waals surface area contributed by atoms with Crippen LogP contribution >= 0.6 is 11.8 Å². The van der Waals surface area contributed by atoms with Crippen molar-refractivity contribution in [1.82, 2.24) is 24.3 Å². The molecule has 7 heteroatoms. The lowest BCUT2D eigenvalue weighted by Crippen LogP contribution is -2.09. The Morgan fingerprint density at radius 2 is 1.86 bits per heavy atom. The molecule has 0 amide bonds. The van der Waals surface area contributed by atoms with E-state index in [-0.39, 0.29) is 5.78 Å². The summed E-state index contributed by atoms with van der Waals surface area (Å²) in [5.74, 6) is 1.65. The number of pyridine rings is 1. The Kier molecular flexibility index (Phi) is 5.49. The monoisotopic (exact) mass is 405 g/mol. The van der Waals surface area contributed by atoms with E-state index in [4.69, 9.17) is 0 Å². The summed E-state index contributed by atoms with van der Waals surface area (Å²) >= 11 is 1.44. The second kappa shape index (κ2) is 8.21. The third-order valence-corrected chi connectivity index (χ3v) is 5.70. The van der Waals surface area contributed by atoms with Crippen molar-refractivity contribution in [3.8, 4) is 11.4 Å². The van der Waals surface area contributed by atoms with E-state index in [0.717, 1.165) is 39.6 Å². The number of aromatic nitrogens is 5. The molecular weight excluding hydrogens is 382 g/mol. The number of benzene rings is 1. The van der Waals surface area contributed by atoms with E-state index in [1.165, 1.54) is 11.8 Å². The molecular formula is C22H23N5OS. The summed E-state index contributed by atoms with van der Waals surface area (Å²) in [6.07, 6.45) is 5.41. The van der Waals surface area contributed by atoms with Gasteiger partial charge in [-0.05, 0) is 24.1 Å². The minimum absolute atomic E-state index is 0.0939. The molecule has 29 heavy (non-hydrogen) atoms. The Labute approximate surface area is 174 Å². The van der Waals surface area contributed by atoms with Crippen LogP contribution in [0.3, 0.4) is 0 Å². The third-order valence-electron chi connectivity index (χ3n) is 4.73. The fourth-order valence-electron chi connectivity index (χ4n) is 3.41. The van der Waals surface area contributed by atoms with Crippen molar-refractivity contribution >= 4 is 28.4 Å². The van der Waals surface area contributed by atoms with Gasteiger partial charge in [-0.1, -0.05) is 43.8 Å². The van der Waals surface area contributed by atoms with E-state index in [0.29, 0.717) is 11.7 Å². The van der Waals surface area contributed by atoms with Crippen LogP contribution < -0.4 is 0 Å². The number of Topliss-reactive ketones (excluding diaryl/α,β-unsaturated/α-hetero) is 1. The lowest BCUT2D eigenvalue weighted by molar-refractivity contribution is 0.102. The Morgan fingerprint density at radius 1 is 1.10 bits per heavy atom.